The van der Waals surface area contributed by atoms with Crippen LogP contribution in [-0.2, 0) is 4.79 Å². The molecule has 1 unspecified atom stereocenters. The molecule has 5 heteroatoms. The highest BCUT2D eigenvalue weighted by Gasteiger charge is 2.45. The number of hydrogen-bond donors (Lipinski definition) is 1. The van der Waals surface area contributed by atoms with E-state index in [4.69, 9.17) is 10.4 Å². The van der Waals surface area contributed by atoms with Crippen molar-refractivity contribution < 1.29 is 9.90 Å². The van der Waals surface area contributed by atoms with Crippen LogP contribution < -0.4 is 0 Å². The minimum atomic E-state index is -0.715. The van der Waals surface area contributed by atoms with Crippen LogP contribution in [0.2, 0.25) is 0 Å². The van der Waals surface area contributed by atoms with E-state index in [2.05, 4.69) is 11.0 Å². The Labute approximate surface area is 106 Å². The Morgan fingerprint density at radius 1 is 1.59 bits per heavy atom. The zero-order valence-electron chi connectivity index (χ0n) is 9.89. The molecule has 1 saturated carbocycles. The van der Waals surface area contributed by atoms with E-state index >= 15 is 0 Å². The molecule has 2 rings (SSSR count). The minimum Gasteiger partial charge on any atom is -0.481 e. The van der Waals surface area contributed by atoms with E-state index in [9.17, 15) is 4.79 Å². The Morgan fingerprint density at radius 3 is 2.94 bits per heavy atom. The number of carboxylic acid groups (broad SMARTS) is 1. The standard InChI is InChI=1S/C12H18N2O2S/c13-4-3-12(1-2-12)9-14-5-6-17-8-10(14)7-11(15)16/h10H,1-3,5-9H2,(H,15,16). The van der Waals surface area contributed by atoms with Gasteiger partial charge in [0, 0.05) is 37.1 Å². The lowest BCUT2D eigenvalue weighted by Crippen LogP contribution is -2.46. The van der Waals surface area contributed by atoms with Gasteiger partial charge in [0.25, 0.3) is 0 Å². The van der Waals surface area contributed by atoms with Crippen LogP contribution in [0.4, 0.5) is 0 Å². The highest BCUT2D eigenvalue weighted by molar-refractivity contribution is 7.99. The Balaban J connectivity index is 1.92. The van der Waals surface area contributed by atoms with Crippen LogP contribution in [0.25, 0.3) is 0 Å². The molecule has 0 aromatic carbocycles. The highest BCUT2D eigenvalue weighted by atomic mass is 32.2. The van der Waals surface area contributed by atoms with Gasteiger partial charge in [-0.25, -0.2) is 0 Å². The molecule has 17 heavy (non-hydrogen) atoms. The Morgan fingerprint density at radius 2 is 2.35 bits per heavy atom. The van der Waals surface area contributed by atoms with E-state index in [1.807, 2.05) is 11.8 Å². The van der Waals surface area contributed by atoms with E-state index in [0.29, 0.717) is 6.42 Å². The summed E-state index contributed by atoms with van der Waals surface area (Å²) in [5, 5.41) is 17.7. The third-order valence-corrected chi connectivity index (χ3v) is 4.80. The molecule has 1 atom stereocenters. The van der Waals surface area contributed by atoms with Gasteiger partial charge in [-0.05, 0) is 18.3 Å². The molecule has 1 saturated heterocycles. The number of nitriles is 1. The first-order valence-corrected chi connectivity index (χ1v) is 7.21. The van der Waals surface area contributed by atoms with Gasteiger partial charge in [0.2, 0.25) is 0 Å². The van der Waals surface area contributed by atoms with Crippen LogP contribution in [0.3, 0.4) is 0 Å². The van der Waals surface area contributed by atoms with Gasteiger partial charge >= 0.3 is 5.97 Å². The lowest BCUT2D eigenvalue weighted by Gasteiger charge is -2.36. The molecule has 1 heterocycles. The second-order valence-electron chi connectivity index (χ2n) is 5.13. The average molecular weight is 254 g/mol. The largest absolute Gasteiger partial charge is 0.481 e. The minimum absolute atomic E-state index is 0.155. The van der Waals surface area contributed by atoms with Crippen molar-refractivity contribution in [3.05, 3.63) is 0 Å². The Kier molecular flexibility index (Phi) is 3.95. The zero-order chi connectivity index (χ0) is 12.3. The summed E-state index contributed by atoms with van der Waals surface area (Å²) in [5.41, 5.74) is 0.188. The van der Waals surface area contributed by atoms with Crippen molar-refractivity contribution in [1.82, 2.24) is 4.90 Å². The molecule has 0 radical (unpaired) electrons. The predicted octanol–water partition coefficient (Wildman–Crippen LogP) is 1.57. The molecule has 0 spiro atoms. The molecular weight excluding hydrogens is 236 g/mol. The molecule has 1 aliphatic heterocycles. The van der Waals surface area contributed by atoms with Gasteiger partial charge in [-0.1, -0.05) is 0 Å². The normalized spacial score (nSPS) is 27.4. The first-order valence-electron chi connectivity index (χ1n) is 6.06. The monoisotopic (exact) mass is 254 g/mol. The summed E-state index contributed by atoms with van der Waals surface area (Å²) in [5.74, 6) is 1.28. The van der Waals surface area contributed by atoms with Crippen LogP contribution in [0.5, 0.6) is 0 Å². The summed E-state index contributed by atoms with van der Waals surface area (Å²) in [7, 11) is 0. The fourth-order valence-electron chi connectivity index (χ4n) is 2.45. The van der Waals surface area contributed by atoms with Crippen molar-refractivity contribution in [3.8, 4) is 6.07 Å². The third-order valence-electron chi connectivity index (χ3n) is 3.71. The molecule has 0 aromatic rings. The van der Waals surface area contributed by atoms with Gasteiger partial charge in [0.1, 0.15) is 0 Å². The van der Waals surface area contributed by atoms with E-state index in [1.54, 1.807) is 0 Å². The van der Waals surface area contributed by atoms with Crippen molar-refractivity contribution in [2.75, 3.05) is 24.6 Å². The van der Waals surface area contributed by atoms with E-state index in [0.717, 1.165) is 37.4 Å². The van der Waals surface area contributed by atoms with Crippen molar-refractivity contribution in [2.45, 2.75) is 31.7 Å². The third kappa shape index (κ3) is 3.36. The number of aliphatic carboxylic acids is 1. The van der Waals surface area contributed by atoms with Crippen molar-refractivity contribution >= 4 is 17.7 Å². The Hall–Kier alpha value is -0.730. The molecule has 2 fully saturated rings. The van der Waals surface area contributed by atoms with Gasteiger partial charge in [0.05, 0.1) is 12.5 Å². The second kappa shape index (κ2) is 5.28. The molecule has 1 aliphatic carbocycles. The smallest absolute Gasteiger partial charge is 0.304 e. The fourth-order valence-corrected chi connectivity index (χ4v) is 3.58. The van der Waals surface area contributed by atoms with Gasteiger partial charge in [0.15, 0.2) is 0 Å². The lowest BCUT2D eigenvalue weighted by atomic mass is 10.0. The van der Waals surface area contributed by atoms with Gasteiger partial charge in [-0.2, -0.15) is 17.0 Å². The molecule has 2 aliphatic rings. The summed E-state index contributed by atoms with van der Waals surface area (Å²) in [6.07, 6.45) is 3.11. The highest BCUT2D eigenvalue weighted by Crippen LogP contribution is 2.49. The zero-order valence-corrected chi connectivity index (χ0v) is 10.7. The van der Waals surface area contributed by atoms with Gasteiger partial charge in [-0.3, -0.25) is 9.69 Å². The molecule has 0 amide bonds. The first-order chi connectivity index (χ1) is 8.15. The summed E-state index contributed by atoms with van der Waals surface area (Å²) < 4.78 is 0. The van der Waals surface area contributed by atoms with Crippen LogP contribution >= 0.6 is 11.8 Å². The molecule has 0 aromatic heterocycles. The van der Waals surface area contributed by atoms with E-state index in [1.165, 1.54) is 0 Å². The maximum absolute atomic E-state index is 10.8. The average Bonchev–Trinajstić information content (AvgIpc) is 3.01. The van der Waals surface area contributed by atoms with Gasteiger partial charge < -0.3 is 5.11 Å². The maximum Gasteiger partial charge on any atom is 0.304 e. The van der Waals surface area contributed by atoms with Gasteiger partial charge in [-0.15, -0.1) is 0 Å². The summed E-state index contributed by atoms with van der Waals surface area (Å²) in [6.45, 7) is 1.88. The van der Waals surface area contributed by atoms with Crippen molar-refractivity contribution in [1.29, 1.82) is 5.26 Å². The van der Waals surface area contributed by atoms with Crippen LogP contribution in [0.15, 0.2) is 0 Å². The van der Waals surface area contributed by atoms with Crippen LogP contribution in [0, 0.1) is 16.7 Å². The molecule has 94 valence electrons. The molecule has 4 nitrogen and oxygen atoms in total. The number of rotatable bonds is 5. The number of thioether (sulfide) groups is 1. The summed E-state index contributed by atoms with van der Waals surface area (Å²) in [4.78, 5) is 13.1. The number of carbonyl (C=O) groups is 1. The molecular formula is C12H18N2O2S. The van der Waals surface area contributed by atoms with E-state index < -0.39 is 5.97 Å². The first kappa shape index (κ1) is 12.7. The fraction of sp³-hybridized carbons (Fsp3) is 0.833. The van der Waals surface area contributed by atoms with Crippen LogP contribution in [-0.4, -0.2) is 46.6 Å². The second-order valence-corrected chi connectivity index (χ2v) is 6.28. The summed E-state index contributed by atoms with van der Waals surface area (Å²) in [6, 6.07) is 2.42. The van der Waals surface area contributed by atoms with E-state index in [-0.39, 0.29) is 17.9 Å². The topological polar surface area (TPSA) is 64.3 Å². The molecule has 0 bridgehead atoms. The van der Waals surface area contributed by atoms with Crippen molar-refractivity contribution in [3.63, 3.8) is 0 Å². The maximum atomic E-state index is 10.8. The lowest BCUT2D eigenvalue weighted by molar-refractivity contribution is -0.138. The predicted molar refractivity (Wildman–Crippen MR) is 66.8 cm³/mol. The SMILES string of the molecule is N#CCC1(CN2CCSCC2CC(=O)O)CC1. The number of hydrogen-bond acceptors (Lipinski definition) is 4. The number of nitrogens with zero attached hydrogens (tertiary/aromatic N) is 2. The number of carboxylic acids is 1. The van der Waals surface area contributed by atoms with Crippen molar-refractivity contribution in [2.24, 2.45) is 5.41 Å². The quantitative estimate of drug-likeness (QED) is 0.807. The Bertz CT molecular complexity index is 336. The van der Waals surface area contributed by atoms with Crippen LogP contribution in [0.1, 0.15) is 25.7 Å². The summed E-state index contributed by atoms with van der Waals surface area (Å²) >= 11 is 1.84. The molecule has 1 N–H and O–H groups in total.